The minimum absolute atomic E-state index is 0.130. The van der Waals surface area contributed by atoms with Crippen molar-refractivity contribution in [2.75, 3.05) is 33.5 Å². The van der Waals surface area contributed by atoms with Crippen LogP contribution in [0.1, 0.15) is 24.0 Å². The summed E-state index contributed by atoms with van der Waals surface area (Å²) in [4.78, 5) is 71.5. The van der Waals surface area contributed by atoms with Gasteiger partial charge in [0.05, 0.1) is 13.7 Å². The fourth-order valence-corrected chi connectivity index (χ4v) is 7.61. The predicted octanol–water partition coefficient (Wildman–Crippen LogP) is -4.43. The van der Waals surface area contributed by atoms with Crippen LogP contribution in [0.4, 0.5) is 5.69 Å². The largest absolute Gasteiger partial charge is 0.544 e. The fourth-order valence-electron chi connectivity index (χ4n) is 7.61. The van der Waals surface area contributed by atoms with Crippen LogP contribution >= 0.6 is 0 Å². The van der Waals surface area contributed by atoms with E-state index in [1.165, 1.54) is 49.6 Å². The summed E-state index contributed by atoms with van der Waals surface area (Å²) in [7, 11) is 1.33. The molecule has 2 aromatic rings. The molecule has 0 saturated carbocycles. The van der Waals surface area contributed by atoms with Crippen molar-refractivity contribution in [2.45, 2.75) is 80.0 Å². The van der Waals surface area contributed by atoms with E-state index in [9.17, 15) is 74.7 Å². The van der Waals surface area contributed by atoms with Crippen molar-refractivity contribution in [3.05, 3.63) is 71.0 Å². The number of aliphatic hydroxyl groups excluding tert-OH is 3. The van der Waals surface area contributed by atoms with Crippen molar-refractivity contribution in [1.29, 1.82) is 0 Å². The summed E-state index contributed by atoms with van der Waals surface area (Å²) in [6.45, 7) is -2.55. The number of quaternary nitrogens is 1. The average molecular weight is 947 g/mol. The number of aromatic hydroxyl groups is 2. The van der Waals surface area contributed by atoms with Crippen molar-refractivity contribution in [3.8, 4) is 23.0 Å². The lowest BCUT2D eigenvalue weighted by molar-refractivity contribution is -0.840. The van der Waals surface area contributed by atoms with Crippen LogP contribution < -0.4 is 24.8 Å². The lowest BCUT2D eigenvalue weighted by Gasteiger charge is -2.42. The molecule has 0 radical (unpaired) electrons. The molecule has 25 heteroatoms. The van der Waals surface area contributed by atoms with E-state index >= 15 is 0 Å². The van der Waals surface area contributed by atoms with Gasteiger partial charge in [-0.25, -0.2) is 14.4 Å². The number of phenols is 2. The number of benzene rings is 2. The molecule has 4 aliphatic rings. The third-order valence-electron chi connectivity index (χ3n) is 11.1. The Kier molecular flexibility index (Phi) is 15.4. The van der Waals surface area contributed by atoms with E-state index < -0.39 is 140 Å². The summed E-state index contributed by atoms with van der Waals surface area (Å²) in [6.07, 6.45) is -9.84. The van der Waals surface area contributed by atoms with Crippen molar-refractivity contribution in [3.63, 3.8) is 0 Å². The quantitative estimate of drug-likeness (QED) is 0.0382. The normalized spacial score (nSPS) is 29.6. The first-order valence-electron chi connectivity index (χ1n) is 20.2. The van der Waals surface area contributed by atoms with E-state index in [1.54, 1.807) is 0 Å². The Bertz CT molecular complexity index is 2350. The van der Waals surface area contributed by atoms with Gasteiger partial charge in [0.1, 0.15) is 80.0 Å². The molecule has 4 heterocycles. The molecule has 2 saturated heterocycles. The summed E-state index contributed by atoms with van der Waals surface area (Å²) in [6, 6.07) is 4.01. The number of phenolic OH excluding ortho intramolecular Hbond substituents is 2. The number of aliphatic hydroxyl groups is 4. The van der Waals surface area contributed by atoms with Crippen molar-refractivity contribution in [2.24, 2.45) is 0 Å². The monoisotopic (exact) mass is 946 g/mol. The first-order chi connectivity index (χ1) is 31.7. The Hall–Kier alpha value is -6.84. The topological polar surface area (TPSA) is 389 Å². The van der Waals surface area contributed by atoms with Gasteiger partial charge < -0.3 is 94.3 Å². The number of aliphatic carboxylic acids is 4. The predicted molar refractivity (Wildman–Crippen MR) is 214 cm³/mol. The third kappa shape index (κ3) is 11.6. The molecule has 0 spiro atoms. The summed E-state index contributed by atoms with van der Waals surface area (Å²) in [5.74, 6) is -9.09. The highest BCUT2D eigenvalue weighted by Crippen LogP contribution is 2.38. The second-order valence-electron chi connectivity index (χ2n) is 15.8. The van der Waals surface area contributed by atoms with Crippen molar-refractivity contribution in [1.82, 2.24) is 5.32 Å². The Morgan fingerprint density at radius 2 is 1.70 bits per heavy atom. The van der Waals surface area contributed by atoms with Gasteiger partial charge in [-0.15, -0.1) is 0 Å². The van der Waals surface area contributed by atoms with Gasteiger partial charge in [-0.2, -0.15) is 0 Å². The van der Waals surface area contributed by atoms with Crippen molar-refractivity contribution >= 4 is 47.6 Å². The molecule has 11 N–H and O–H groups in total. The molecule has 2 aromatic carbocycles. The van der Waals surface area contributed by atoms with Crippen LogP contribution in [-0.4, -0.2) is 176 Å². The number of hydrogen-bond donors (Lipinski definition) is 11. The van der Waals surface area contributed by atoms with Gasteiger partial charge in [0.15, 0.2) is 41.0 Å². The van der Waals surface area contributed by atoms with Gasteiger partial charge in [-0.3, -0.25) is 14.5 Å². The number of nitrogens with one attached hydrogen (secondary N) is 2. The number of methoxy groups -OCH3 is 1. The van der Waals surface area contributed by atoms with E-state index in [4.69, 9.17) is 38.3 Å². The van der Waals surface area contributed by atoms with Crippen LogP contribution in [0, 0.1) is 0 Å². The van der Waals surface area contributed by atoms with Gasteiger partial charge in [-0.1, -0.05) is 6.07 Å². The molecule has 11 atom stereocenters. The lowest BCUT2D eigenvalue weighted by Crippen LogP contribution is -3.11. The highest BCUT2D eigenvalue weighted by molar-refractivity contribution is 5.90. The van der Waals surface area contributed by atoms with Gasteiger partial charge in [0.2, 0.25) is 6.29 Å². The summed E-state index contributed by atoms with van der Waals surface area (Å²) in [5, 5.41) is 109. The molecule has 2 fully saturated rings. The number of carboxylic acids is 4. The van der Waals surface area contributed by atoms with E-state index in [0.29, 0.717) is 5.56 Å². The highest BCUT2D eigenvalue weighted by Gasteiger charge is 2.54. The zero-order valence-corrected chi connectivity index (χ0v) is 35.1. The van der Waals surface area contributed by atoms with E-state index in [2.05, 4.69) is 5.32 Å². The third-order valence-corrected chi connectivity index (χ3v) is 11.1. The number of hydrogen-bond acceptors (Lipinski definition) is 21. The molecule has 4 aliphatic heterocycles. The number of carboxylic acid groups (broad SMARTS) is 4. The van der Waals surface area contributed by atoms with Gasteiger partial charge in [0.25, 0.3) is 0 Å². The Morgan fingerprint density at radius 3 is 2.37 bits per heavy atom. The maximum atomic E-state index is 12.5. The second-order valence-corrected chi connectivity index (χ2v) is 15.8. The van der Waals surface area contributed by atoms with Crippen molar-refractivity contribution < 1.29 is 118 Å². The molecule has 11 unspecified atom stereocenters. The second kappa shape index (κ2) is 20.8. The molecule has 25 nitrogen and oxygen atoms in total. The molecule has 362 valence electrons. The highest BCUT2D eigenvalue weighted by atomic mass is 16.8. The molecule has 0 aliphatic carbocycles. The van der Waals surface area contributed by atoms with E-state index in [-0.39, 0.29) is 52.6 Å². The molecule has 0 aromatic heterocycles. The van der Waals surface area contributed by atoms with Gasteiger partial charge in [0, 0.05) is 30.5 Å². The SMILES string of the molecule is COc1cc(C=CC(=O)OCC2(O)COC(OC3C(Oc4cc5c(cc4O)[NH+](CC=C4C=C(C(=O)O)NC(C(=O)O)C4)C(C(=O)[O-])C5)OC(COC(=O)CC(=O)O)C(O)C3O)C2O)ccc1O. The smallest absolute Gasteiger partial charge is 0.351 e. The summed E-state index contributed by atoms with van der Waals surface area (Å²) in [5.41, 5.74) is -1.52. The van der Waals surface area contributed by atoms with Crippen LogP contribution in [0.15, 0.2) is 59.8 Å². The van der Waals surface area contributed by atoms with Gasteiger partial charge >= 0.3 is 29.8 Å². The Morgan fingerprint density at radius 1 is 0.955 bits per heavy atom. The number of esters is 2. The fraction of sp³-hybridized carbons (Fsp3) is 0.429. The first-order valence-corrected chi connectivity index (χ1v) is 20.2. The number of carbonyl (C=O) groups excluding carboxylic acids is 3. The van der Waals surface area contributed by atoms with Crippen LogP contribution in [0.25, 0.3) is 6.08 Å². The molecule has 6 rings (SSSR count). The molecule has 0 amide bonds. The first kappa shape index (κ1) is 49.6. The molecular formula is C42H46N2O23. The molecule has 67 heavy (non-hydrogen) atoms. The molecular weight excluding hydrogens is 900 g/mol. The molecule has 0 bridgehead atoms. The van der Waals surface area contributed by atoms with Crippen LogP contribution in [0.3, 0.4) is 0 Å². The number of ether oxygens (including phenoxy) is 7. The number of allylic oxidation sites excluding steroid dienone is 1. The number of rotatable bonds is 18. The van der Waals surface area contributed by atoms with E-state index in [0.717, 1.165) is 12.1 Å². The minimum atomic E-state index is -2.31. The average Bonchev–Trinajstić information content (AvgIpc) is 3.78. The van der Waals surface area contributed by atoms with Crippen LogP contribution in [-0.2, 0) is 58.9 Å². The lowest BCUT2D eigenvalue weighted by atomic mass is 9.98. The maximum absolute atomic E-state index is 12.5. The standard InChI is InChI=1S/C42H46N2O23/c1-61-27-10-18(2-4-25(27)45)3-5-31(49)63-16-42(60)17-64-41(36(42)53)67-35-34(52)33(51)29(15-62-32(50)14-30(47)48)66-40(35)65-28-12-20-11-24(39(58)59)44(23(20)13-26(28)46)7-6-19-8-21(37(54)55)43-22(9-19)38(56)57/h2-6,8,10,12-13,22,24,29,33-36,40-41,43,45-46,51-53,60H,7,9,11,14-17H2,1H3,(H,47,48)(H,54,55)(H,56,57)(H,58,59). The van der Waals surface area contributed by atoms with E-state index in [1.807, 2.05) is 0 Å². The number of carbonyl (C=O) groups is 6. The summed E-state index contributed by atoms with van der Waals surface area (Å²) < 4.78 is 38.1. The maximum Gasteiger partial charge on any atom is 0.351 e. The summed E-state index contributed by atoms with van der Waals surface area (Å²) >= 11 is 0. The minimum Gasteiger partial charge on any atom is -0.544 e. The van der Waals surface area contributed by atoms with Crippen LogP contribution in [0.2, 0.25) is 0 Å². The zero-order valence-electron chi connectivity index (χ0n) is 35.1. The Labute approximate surface area is 377 Å². The Balaban J connectivity index is 1.21. The van der Waals surface area contributed by atoms with Crippen LogP contribution in [0.5, 0.6) is 23.0 Å². The zero-order chi connectivity index (χ0) is 48.9. The number of fused-ring (bicyclic) bond motifs is 1. The van der Waals surface area contributed by atoms with Gasteiger partial charge in [-0.05, 0) is 47.6 Å².